The third-order valence-corrected chi connectivity index (χ3v) is 0.470. The zero-order chi connectivity index (χ0) is 6.41. The van der Waals surface area contributed by atoms with Gasteiger partial charge in [0, 0.05) is 18.1 Å². The van der Waals surface area contributed by atoms with E-state index in [2.05, 4.69) is 11.6 Å². The van der Waals surface area contributed by atoms with Gasteiger partial charge in [0.05, 0.1) is 0 Å². The zero-order valence-electron chi connectivity index (χ0n) is 4.96. The lowest BCUT2D eigenvalue weighted by atomic mass is 10.6. The molecule has 0 fully saturated rings. The Balaban J connectivity index is 3.57. The summed E-state index contributed by atoms with van der Waals surface area (Å²) in [6, 6.07) is 0. The first-order valence-electron chi connectivity index (χ1n) is 2.34. The quantitative estimate of drug-likeness (QED) is 0.530. The van der Waals surface area contributed by atoms with Gasteiger partial charge in [-0.3, -0.25) is 4.99 Å². The second kappa shape index (κ2) is 4.12. The van der Waals surface area contributed by atoms with Crippen LogP contribution in [0.3, 0.4) is 0 Å². The topological polar surface area (TPSA) is 38.4 Å². The lowest BCUT2D eigenvalue weighted by molar-refractivity contribution is 1.28. The number of allylic oxidation sites excluding steroid dienone is 2. The minimum absolute atomic E-state index is 0.697. The van der Waals surface area contributed by atoms with Crippen molar-refractivity contribution < 1.29 is 0 Å². The summed E-state index contributed by atoms with van der Waals surface area (Å²) < 4.78 is 0. The summed E-state index contributed by atoms with van der Waals surface area (Å²) >= 11 is 0. The summed E-state index contributed by atoms with van der Waals surface area (Å²) in [6.45, 7) is 5.22. The Bertz CT molecular complexity index is 118. The van der Waals surface area contributed by atoms with E-state index in [1.807, 2.05) is 0 Å². The second-order valence-corrected chi connectivity index (χ2v) is 1.41. The van der Waals surface area contributed by atoms with E-state index < -0.39 is 0 Å². The van der Waals surface area contributed by atoms with Gasteiger partial charge in [0.1, 0.15) is 0 Å². The van der Waals surface area contributed by atoms with Gasteiger partial charge in [0.25, 0.3) is 0 Å². The SMILES string of the molecule is C=C/C=N\C=C(/C)N. The molecule has 0 amide bonds. The maximum absolute atomic E-state index is 5.25. The van der Waals surface area contributed by atoms with Crippen LogP contribution in [0.2, 0.25) is 0 Å². The summed E-state index contributed by atoms with van der Waals surface area (Å²) in [5.74, 6) is 0. The molecule has 0 aliphatic rings. The van der Waals surface area contributed by atoms with Gasteiger partial charge in [0.15, 0.2) is 0 Å². The molecule has 2 heteroatoms. The molecule has 0 unspecified atom stereocenters. The largest absolute Gasteiger partial charge is 0.401 e. The van der Waals surface area contributed by atoms with Crippen molar-refractivity contribution in [3.63, 3.8) is 0 Å². The van der Waals surface area contributed by atoms with Gasteiger partial charge in [-0.05, 0) is 6.92 Å². The molecule has 0 spiro atoms. The number of nitrogens with zero attached hydrogens (tertiary/aromatic N) is 1. The zero-order valence-corrected chi connectivity index (χ0v) is 4.96. The van der Waals surface area contributed by atoms with E-state index in [1.54, 1.807) is 25.4 Å². The number of rotatable bonds is 2. The fourth-order valence-electron chi connectivity index (χ4n) is 0.221. The molecule has 8 heavy (non-hydrogen) atoms. The fraction of sp³-hybridized carbons (Fsp3) is 0.167. The highest BCUT2D eigenvalue weighted by atomic mass is 14.7. The molecular formula is C6H10N2. The van der Waals surface area contributed by atoms with Gasteiger partial charge in [0.2, 0.25) is 0 Å². The van der Waals surface area contributed by atoms with Gasteiger partial charge < -0.3 is 5.73 Å². The van der Waals surface area contributed by atoms with Crippen LogP contribution in [-0.2, 0) is 0 Å². The van der Waals surface area contributed by atoms with E-state index in [0.717, 1.165) is 0 Å². The van der Waals surface area contributed by atoms with Crippen LogP contribution in [0.5, 0.6) is 0 Å². The van der Waals surface area contributed by atoms with E-state index in [4.69, 9.17) is 5.73 Å². The molecule has 0 aromatic rings. The lowest BCUT2D eigenvalue weighted by Gasteiger charge is -1.80. The molecule has 2 nitrogen and oxygen atoms in total. The summed E-state index contributed by atoms with van der Waals surface area (Å²) in [7, 11) is 0. The molecule has 0 aliphatic heterocycles. The van der Waals surface area contributed by atoms with Crippen LogP contribution in [0.1, 0.15) is 6.92 Å². The lowest BCUT2D eigenvalue weighted by Crippen LogP contribution is -1.87. The van der Waals surface area contributed by atoms with Crippen molar-refractivity contribution in [2.45, 2.75) is 6.92 Å². The Labute approximate surface area is 49.4 Å². The normalized spacial score (nSPS) is 12.4. The Hall–Kier alpha value is -1.05. The molecule has 0 radical (unpaired) electrons. The summed E-state index contributed by atoms with van der Waals surface area (Å²) in [6.07, 6.45) is 4.75. The first-order chi connectivity index (χ1) is 3.77. The van der Waals surface area contributed by atoms with Crippen molar-refractivity contribution in [1.82, 2.24) is 0 Å². The third-order valence-electron chi connectivity index (χ3n) is 0.470. The standard InChI is InChI=1S/C6H10N2/c1-3-4-8-5-6(2)7/h3-5H,1,7H2,2H3/b6-5+,8-4-. The molecule has 0 rings (SSSR count). The Kier molecular flexibility index (Phi) is 3.58. The van der Waals surface area contributed by atoms with Crippen molar-refractivity contribution in [2.24, 2.45) is 10.7 Å². The van der Waals surface area contributed by atoms with Crippen LogP contribution in [0.4, 0.5) is 0 Å². The molecule has 0 heterocycles. The Morgan fingerprint density at radius 3 is 2.75 bits per heavy atom. The minimum Gasteiger partial charge on any atom is -0.401 e. The highest BCUT2D eigenvalue weighted by molar-refractivity contribution is 5.70. The maximum Gasteiger partial charge on any atom is 0.0452 e. The highest BCUT2D eigenvalue weighted by Crippen LogP contribution is 1.77. The Morgan fingerprint density at radius 2 is 2.38 bits per heavy atom. The first-order valence-corrected chi connectivity index (χ1v) is 2.34. The first kappa shape index (κ1) is 6.95. The van der Waals surface area contributed by atoms with Crippen LogP contribution in [0, 0.1) is 0 Å². The Morgan fingerprint density at radius 1 is 1.75 bits per heavy atom. The predicted molar refractivity (Wildman–Crippen MR) is 36.6 cm³/mol. The van der Waals surface area contributed by atoms with Gasteiger partial charge in [-0.25, -0.2) is 0 Å². The third kappa shape index (κ3) is 4.95. The van der Waals surface area contributed by atoms with Gasteiger partial charge >= 0.3 is 0 Å². The van der Waals surface area contributed by atoms with E-state index in [1.165, 1.54) is 0 Å². The molecule has 0 saturated carbocycles. The van der Waals surface area contributed by atoms with Crippen LogP contribution in [0.25, 0.3) is 0 Å². The number of aliphatic imine (C=N–C) groups is 1. The van der Waals surface area contributed by atoms with Gasteiger partial charge in [-0.2, -0.15) is 0 Å². The number of hydrogen-bond donors (Lipinski definition) is 1. The molecule has 0 aliphatic carbocycles. The smallest absolute Gasteiger partial charge is 0.0452 e. The number of nitrogens with two attached hydrogens (primary N) is 1. The van der Waals surface area contributed by atoms with E-state index in [0.29, 0.717) is 5.70 Å². The van der Waals surface area contributed by atoms with Gasteiger partial charge in [-0.1, -0.05) is 12.7 Å². The molecule has 0 atom stereocenters. The van der Waals surface area contributed by atoms with Crippen molar-refractivity contribution in [3.05, 3.63) is 24.6 Å². The molecule has 44 valence electrons. The van der Waals surface area contributed by atoms with Crippen molar-refractivity contribution >= 4 is 6.21 Å². The fourth-order valence-corrected chi connectivity index (χ4v) is 0.221. The molecule has 0 bridgehead atoms. The molecular weight excluding hydrogens is 100 g/mol. The van der Waals surface area contributed by atoms with Gasteiger partial charge in [-0.15, -0.1) is 0 Å². The van der Waals surface area contributed by atoms with Crippen LogP contribution < -0.4 is 5.73 Å². The van der Waals surface area contributed by atoms with Crippen LogP contribution in [-0.4, -0.2) is 6.21 Å². The minimum atomic E-state index is 0.697. The molecule has 0 aromatic heterocycles. The molecule has 0 aromatic carbocycles. The molecule has 2 N–H and O–H groups in total. The van der Waals surface area contributed by atoms with Crippen LogP contribution >= 0.6 is 0 Å². The van der Waals surface area contributed by atoms with Crippen LogP contribution in [0.15, 0.2) is 29.5 Å². The highest BCUT2D eigenvalue weighted by Gasteiger charge is 1.66. The second-order valence-electron chi connectivity index (χ2n) is 1.41. The number of hydrogen-bond acceptors (Lipinski definition) is 2. The summed E-state index contributed by atoms with van der Waals surface area (Å²) in [5.41, 5.74) is 5.94. The van der Waals surface area contributed by atoms with E-state index >= 15 is 0 Å². The predicted octanol–water partition coefficient (Wildman–Crippen LogP) is 1.06. The monoisotopic (exact) mass is 110 g/mol. The van der Waals surface area contributed by atoms with Crippen molar-refractivity contribution in [3.8, 4) is 0 Å². The average molecular weight is 110 g/mol. The summed E-state index contributed by atoms with van der Waals surface area (Å²) in [4.78, 5) is 3.76. The van der Waals surface area contributed by atoms with E-state index in [9.17, 15) is 0 Å². The van der Waals surface area contributed by atoms with Crippen molar-refractivity contribution in [1.29, 1.82) is 0 Å². The van der Waals surface area contributed by atoms with E-state index in [-0.39, 0.29) is 0 Å². The van der Waals surface area contributed by atoms with Crippen molar-refractivity contribution in [2.75, 3.05) is 0 Å². The molecule has 0 saturated heterocycles. The average Bonchev–Trinajstić information content (AvgIpc) is 1.66. The maximum atomic E-state index is 5.25. The summed E-state index contributed by atoms with van der Waals surface area (Å²) in [5, 5.41) is 0.